The van der Waals surface area contributed by atoms with Gasteiger partial charge in [0.2, 0.25) is 9.84 Å². The highest BCUT2D eigenvalue weighted by Gasteiger charge is 2.31. The predicted octanol–water partition coefficient (Wildman–Crippen LogP) is 4.50. The number of sulfone groups is 1. The molecule has 3 aromatic rings. The molecule has 0 radical (unpaired) electrons. The van der Waals surface area contributed by atoms with Crippen molar-refractivity contribution in [3.05, 3.63) is 65.9 Å². The first kappa shape index (κ1) is 20.5. The maximum absolute atomic E-state index is 13.7. The van der Waals surface area contributed by atoms with E-state index in [1.54, 1.807) is 35.2 Å². The first-order valence-corrected chi connectivity index (χ1v) is 11.9. The van der Waals surface area contributed by atoms with Gasteiger partial charge in [0, 0.05) is 24.7 Å². The van der Waals surface area contributed by atoms with Gasteiger partial charge in [-0.15, -0.1) is 0 Å². The summed E-state index contributed by atoms with van der Waals surface area (Å²) in [7, 11) is -3.90. The number of aromatic nitrogens is 1. The third-order valence-corrected chi connectivity index (χ3v) is 7.81. The molecule has 0 saturated carbocycles. The van der Waals surface area contributed by atoms with Crippen LogP contribution in [0.4, 0.5) is 0 Å². The summed E-state index contributed by atoms with van der Waals surface area (Å²) in [6.45, 7) is 5.47. The Balaban J connectivity index is 1.88. The topological polar surface area (TPSA) is 67.3 Å². The van der Waals surface area contributed by atoms with E-state index in [1.165, 1.54) is 6.20 Å². The van der Waals surface area contributed by atoms with Crippen LogP contribution >= 0.6 is 0 Å². The molecule has 0 atom stereocenters. The quantitative estimate of drug-likeness (QED) is 0.621. The number of piperidine rings is 1. The third-order valence-electron chi connectivity index (χ3n) is 5.94. The standard InChI is InChI=1S/C24H26N2O3S/c1-3-18-8-10-19(11-9-18)30(28,29)23-20-6-4-5-7-22(20)25-16-21(23)24(27)26-14-12-17(2)13-15-26/h4-11,16-17H,3,12-15H2,1-2H3. The fourth-order valence-corrected chi connectivity index (χ4v) is 5.58. The second kappa shape index (κ2) is 8.19. The Labute approximate surface area is 177 Å². The lowest BCUT2D eigenvalue weighted by molar-refractivity contribution is 0.0693. The van der Waals surface area contributed by atoms with Crippen LogP contribution < -0.4 is 0 Å². The van der Waals surface area contributed by atoms with Crippen LogP contribution in [0.3, 0.4) is 0 Å². The fraction of sp³-hybridized carbons (Fsp3) is 0.333. The molecular formula is C24H26N2O3S. The number of aryl methyl sites for hydroxylation is 1. The van der Waals surface area contributed by atoms with Crippen molar-refractivity contribution in [1.29, 1.82) is 0 Å². The van der Waals surface area contributed by atoms with Crippen molar-refractivity contribution >= 4 is 26.6 Å². The molecule has 1 aliphatic rings. The zero-order valence-electron chi connectivity index (χ0n) is 17.3. The van der Waals surface area contributed by atoms with Crippen molar-refractivity contribution in [2.45, 2.75) is 42.9 Å². The summed E-state index contributed by atoms with van der Waals surface area (Å²) in [5.74, 6) is 0.313. The van der Waals surface area contributed by atoms with Crippen LogP contribution in [0.1, 0.15) is 42.6 Å². The highest BCUT2D eigenvalue weighted by Crippen LogP contribution is 2.32. The fourth-order valence-electron chi connectivity index (χ4n) is 3.96. The van der Waals surface area contributed by atoms with Crippen LogP contribution in [0, 0.1) is 5.92 Å². The number of pyridine rings is 1. The average molecular weight is 423 g/mol. The van der Waals surface area contributed by atoms with E-state index in [9.17, 15) is 13.2 Å². The highest BCUT2D eigenvalue weighted by atomic mass is 32.2. The SMILES string of the molecule is CCc1ccc(S(=O)(=O)c2c(C(=O)N3CCC(C)CC3)cnc3ccccc23)cc1. The molecule has 0 N–H and O–H groups in total. The summed E-state index contributed by atoms with van der Waals surface area (Å²) < 4.78 is 27.4. The largest absolute Gasteiger partial charge is 0.339 e. The first-order chi connectivity index (χ1) is 14.4. The number of rotatable bonds is 4. The van der Waals surface area contributed by atoms with E-state index in [-0.39, 0.29) is 21.3 Å². The number of nitrogens with zero attached hydrogens (tertiary/aromatic N) is 2. The number of hydrogen-bond acceptors (Lipinski definition) is 4. The second-order valence-corrected chi connectivity index (χ2v) is 9.88. The van der Waals surface area contributed by atoms with E-state index in [0.717, 1.165) is 24.8 Å². The summed E-state index contributed by atoms with van der Waals surface area (Å²) in [5, 5.41) is 0.480. The van der Waals surface area contributed by atoms with E-state index in [2.05, 4.69) is 11.9 Å². The van der Waals surface area contributed by atoms with Crippen LogP contribution in [-0.2, 0) is 16.3 Å². The van der Waals surface area contributed by atoms with Gasteiger partial charge >= 0.3 is 0 Å². The Morgan fingerprint density at radius 2 is 1.73 bits per heavy atom. The maximum Gasteiger partial charge on any atom is 0.256 e. The molecule has 5 nitrogen and oxygen atoms in total. The minimum absolute atomic E-state index is 0.0565. The monoisotopic (exact) mass is 422 g/mol. The third kappa shape index (κ3) is 3.72. The number of fused-ring (bicyclic) bond motifs is 1. The van der Waals surface area contributed by atoms with Gasteiger partial charge in [-0.3, -0.25) is 9.78 Å². The van der Waals surface area contributed by atoms with Gasteiger partial charge < -0.3 is 4.90 Å². The molecule has 1 amide bonds. The second-order valence-electron chi connectivity index (χ2n) is 7.99. The summed E-state index contributed by atoms with van der Waals surface area (Å²) in [4.78, 5) is 19.8. The van der Waals surface area contributed by atoms with Crippen molar-refractivity contribution in [2.24, 2.45) is 5.92 Å². The summed E-state index contributed by atoms with van der Waals surface area (Å²) in [6.07, 6.45) is 4.10. The van der Waals surface area contributed by atoms with E-state index >= 15 is 0 Å². The van der Waals surface area contributed by atoms with E-state index in [0.29, 0.717) is 29.9 Å². The average Bonchev–Trinajstić information content (AvgIpc) is 2.78. The molecule has 1 fully saturated rings. The normalized spacial score (nSPS) is 15.5. The van der Waals surface area contributed by atoms with Gasteiger partial charge in [-0.05, 0) is 48.9 Å². The molecule has 156 valence electrons. The Morgan fingerprint density at radius 1 is 1.07 bits per heavy atom. The number of carbonyl (C=O) groups excluding carboxylic acids is 1. The minimum atomic E-state index is -3.90. The molecule has 30 heavy (non-hydrogen) atoms. The number of benzene rings is 2. The van der Waals surface area contributed by atoms with Crippen molar-refractivity contribution in [3.63, 3.8) is 0 Å². The number of amides is 1. The first-order valence-electron chi connectivity index (χ1n) is 10.4. The van der Waals surface area contributed by atoms with Gasteiger partial charge in [0.15, 0.2) is 0 Å². The molecule has 1 aromatic heterocycles. The molecule has 0 spiro atoms. The van der Waals surface area contributed by atoms with E-state index in [4.69, 9.17) is 0 Å². The van der Waals surface area contributed by atoms with Crippen LogP contribution in [0.5, 0.6) is 0 Å². The Bertz CT molecular complexity index is 1180. The molecule has 0 unspecified atom stereocenters. The Hall–Kier alpha value is -2.73. The molecule has 1 saturated heterocycles. The van der Waals surface area contributed by atoms with Crippen molar-refractivity contribution in [2.75, 3.05) is 13.1 Å². The van der Waals surface area contributed by atoms with Gasteiger partial charge in [-0.25, -0.2) is 8.42 Å². The molecule has 2 aromatic carbocycles. The van der Waals surface area contributed by atoms with Gasteiger partial charge in [0.25, 0.3) is 5.91 Å². The Morgan fingerprint density at radius 3 is 2.40 bits per heavy atom. The summed E-state index contributed by atoms with van der Waals surface area (Å²) in [6, 6.07) is 14.0. The number of carbonyl (C=O) groups is 1. The van der Waals surface area contributed by atoms with Crippen LogP contribution in [0.2, 0.25) is 0 Å². The van der Waals surface area contributed by atoms with Gasteiger partial charge in [-0.2, -0.15) is 0 Å². The van der Waals surface area contributed by atoms with Crippen molar-refractivity contribution in [1.82, 2.24) is 9.88 Å². The zero-order chi connectivity index (χ0) is 21.3. The van der Waals surface area contributed by atoms with Crippen molar-refractivity contribution in [3.8, 4) is 0 Å². The van der Waals surface area contributed by atoms with E-state index in [1.807, 2.05) is 25.1 Å². The molecule has 2 heterocycles. The molecule has 0 bridgehead atoms. The number of likely N-dealkylation sites (tertiary alicyclic amines) is 1. The summed E-state index contributed by atoms with van der Waals surface area (Å²) >= 11 is 0. The van der Waals surface area contributed by atoms with Gasteiger partial charge in [0.05, 0.1) is 20.9 Å². The molecule has 0 aliphatic carbocycles. The lowest BCUT2D eigenvalue weighted by Crippen LogP contribution is -2.38. The molecule has 1 aliphatic heterocycles. The molecular weight excluding hydrogens is 396 g/mol. The zero-order valence-corrected chi connectivity index (χ0v) is 18.2. The summed E-state index contributed by atoms with van der Waals surface area (Å²) in [5.41, 5.74) is 1.78. The number of hydrogen-bond donors (Lipinski definition) is 0. The van der Waals surface area contributed by atoms with Gasteiger partial charge in [-0.1, -0.05) is 44.2 Å². The maximum atomic E-state index is 13.7. The van der Waals surface area contributed by atoms with Crippen molar-refractivity contribution < 1.29 is 13.2 Å². The lowest BCUT2D eigenvalue weighted by Gasteiger charge is -2.30. The Kier molecular flexibility index (Phi) is 5.60. The van der Waals surface area contributed by atoms with Crippen LogP contribution in [-0.4, -0.2) is 37.3 Å². The van der Waals surface area contributed by atoms with E-state index < -0.39 is 9.84 Å². The van der Waals surface area contributed by atoms with Crippen LogP contribution in [0.25, 0.3) is 10.9 Å². The predicted molar refractivity (Wildman–Crippen MR) is 117 cm³/mol. The number of para-hydroxylation sites is 1. The lowest BCUT2D eigenvalue weighted by atomic mass is 9.98. The van der Waals surface area contributed by atoms with Crippen LogP contribution in [0.15, 0.2) is 64.5 Å². The molecule has 4 rings (SSSR count). The minimum Gasteiger partial charge on any atom is -0.339 e. The highest BCUT2D eigenvalue weighted by molar-refractivity contribution is 7.91. The smallest absolute Gasteiger partial charge is 0.256 e. The van der Waals surface area contributed by atoms with Gasteiger partial charge in [0.1, 0.15) is 0 Å². The molecule has 6 heteroatoms.